The van der Waals surface area contributed by atoms with Gasteiger partial charge in [-0.25, -0.2) is 9.97 Å². The van der Waals surface area contributed by atoms with Gasteiger partial charge in [0.25, 0.3) is 0 Å². The van der Waals surface area contributed by atoms with E-state index in [0.29, 0.717) is 6.04 Å². The number of aromatic nitrogens is 2. The fraction of sp³-hybridized carbons (Fsp3) is 0.737. The second kappa shape index (κ2) is 11.6. The number of nitrogens with one attached hydrogen (secondary N) is 1. The Kier molecular flexibility index (Phi) is 9.53. The van der Waals surface area contributed by atoms with Gasteiger partial charge >= 0.3 is 0 Å². The molecule has 2 aliphatic heterocycles. The Bertz CT molecular complexity index is 560. The smallest absolute Gasteiger partial charge is 0.225 e. The molecule has 0 amide bonds. The first-order chi connectivity index (χ1) is 12.8. The van der Waals surface area contributed by atoms with Gasteiger partial charge in [0.05, 0.1) is 6.54 Å². The Morgan fingerprint density at radius 1 is 1.15 bits per heavy atom. The highest BCUT2D eigenvalue weighted by atomic mass is 127. The third-order valence-electron chi connectivity index (χ3n) is 5.34. The third-order valence-corrected chi connectivity index (χ3v) is 5.34. The summed E-state index contributed by atoms with van der Waals surface area (Å²) in [5.41, 5.74) is 0. The van der Waals surface area contributed by atoms with Crippen LogP contribution in [0.5, 0.6) is 0 Å². The molecule has 0 spiro atoms. The molecule has 2 saturated heterocycles. The van der Waals surface area contributed by atoms with Crippen LogP contribution < -0.4 is 10.2 Å². The van der Waals surface area contributed by atoms with Gasteiger partial charge < -0.3 is 15.1 Å². The lowest BCUT2D eigenvalue weighted by molar-refractivity contribution is 0.165. The number of piperazine rings is 1. The summed E-state index contributed by atoms with van der Waals surface area (Å²) in [5, 5.41) is 3.46. The van der Waals surface area contributed by atoms with Crippen molar-refractivity contribution < 1.29 is 0 Å². The van der Waals surface area contributed by atoms with Gasteiger partial charge in [-0.15, -0.1) is 24.0 Å². The van der Waals surface area contributed by atoms with Crippen molar-refractivity contribution in [3.8, 4) is 0 Å². The summed E-state index contributed by atoms with van der Waals surface area (Å²) in [7, 11) is 0. The van der Waals surface area contributed by atoms with Gasteiger partial charge in [-0.1, -0.05) is 6.42 Å². The number of piperidine rings is 1. The Morgan fingerprint density at radius 3 is 2.56 bits per heavy atom. The quantitative estimate of drug-likeness (QED) is 0.390. The number of nitrogens with zero attached hydrogens (tertiary/aromatic N) is 6. The van der Waals surface area contributed by atoms with Crippen LogP contribution >= 0.6 is 24.0 Å². The second-order valence-electron chi connectivity index (χ2n) is 7.14. The lowest BCUT2D eigenvalue weighted by Crippen LogP contribution is -2.53. The molecule has 0 aromatic carbocycles. The molecule has 8 heteroatoms. The molecule has 1 N–H and O–H groups in total. The number of likely N-dealkylation sites (tertiary alicyclic amines) is 1. The summed E-state index contributed by atoms with van der Waals surface area (Å²) in [4.78, 5) is 20.8. The van der Waals surface area contributed by atoms with E-state index in [4.69, 9.17) is 4.99 Å². The van der Waals surface area contributed by atoms with E-state index in [1.54, 1.807) is 0 Å². The zero-order valence-electron chi connectivity index (χ0n) is 16.7. The predicted octanol–water partition coefficient (Wildman–Crippen LogP) is 2.06. The summed E-state index contributed by atoms with van der Waals surface area (Å²) in [6, 6.07) is 2.56. The first-order valence-electron chi connectivity index (χ1n) is 10.1. The molecular weight excluding hydrogens is 453 g/mol. The first-order valence-corrected chi connectivity index (χ1v) is 10.1. The molecule has 2 fully saturated rings. The van der Waals surface area contributed by atoms with Gasteiger partial charge in [-0.05, 0) is 39.3 Å². The van der Waals surface area contributed by atoms with Crippen LogP contribution in [0.4, 0.5) is 5.95 Å². The van der Waals surface area contributed by atoms with E-state index in [-0.39, 0.29) is 24.0 Å². The highest BCUT2D eigenvalue weighted by Gasteiger charge is 2.21. The van der Waals surface area contributed by atoms with Gasteiger partial charge in [0.15, 0.2) is 5.96 Å². The molecule has 0 aliphatic carbocycles. The minimum atomic E-state index is 0. The molecule has 3 rings (SSSR count). The lowest BCUT2D eigenvalue weighted by Gasteiger charge is -2.36. The fourth-order valence-electron chi connectivity index (χ4n) is 3.77. The molecule has 152 valence electrons. The van der Waals surface area contributed by atoms with Crippen molar-refractivity contribution >= 4 is 35.9 Å². The van der Waals surface area contributed by atoms with E-state index in [1.807, 2.05) is 18.5 Å². The average molecular weight is 487 g/mol. The zero-order valence-corrected chi connectivity index (χ0v) is 19.0. The van der Waals surface area contributed by atoms with Crippen molar-refractivity contribution in [3.63, 3.8) is 0 Å². The van der Waals surface area contributed by atoms with Gasteiger partial charge in [0, 0.05) is 57.7 Å². The largest absolute Gasteiger partial charge is 0.357 e. The van der Waals surface area contributed by atoms with Crippen molar-refractivity contribution in [2.24, 2.45) is 4.99 Å². The number of anilines is 1. The van der Waals surface area contributed by atoms with E-state index in [1.165, 1.54) is 25.8 Å². The van der Waals surface area contributed by atoms with Gasteiger partial charge in [-0.2, -0.15) is 0 Å². The van der Waals surface area contributed by atoms with E-state index in [2.05, 4.69) is 43.8 Å². The van der Waals surface area contributed by atoms with Crippen LogP contribution in [0.2, 0.25) is 0 Å². The molecule has 2 aliphatic rings. The Labute approximate surface area is 180 Å². The predicted molar refractivity (Wildman–Crippen MR) is 122 cm³/mol. The minimum absolute atomic E-state index is 0. The molecule has 0 saturated carbocycles. The monoisotopic (exact) mass is 487 g/mol. The average Bonchev–Trinajstić information content (AvgIpc) is 2.69. The maximum absolute atomic E-state index is 4.90. The summed E-state index contributed by atoms with van der Waals surface area (Å²) < 4.78 is 0. The molecule has 1 unspecified atom stereocenters. The normalized spacial score (nSPS) is 21.7. The van der Waals surface area contributed by atoms with Crippen molar-refractivity contribution in [3.05, 3.63) is 18.5 Å². The summed E-state index contributed by atoms with van der Waals surface area (Å²) >= 11 is 0. The van der Waals surface area contributed by atoms with Crippen LogP contribution in [-0.2, 0) is 0 Å². The maximum atomic E-state index is 4.90. The van der Waals surface area contributed by atoms with E-state index < -0.39 is 0 Å². The second-order valence-corrected chi connectivity index (χ2v) is 7.14. The fourth-order valence-corrected chi connectivity index (χ4v) is 3.77. The summed E-state index contributed by atoms with van der Waals surface area (Å²) in [6.07, 6.45) is 7.65. The number of guanidine groups is 1. The van der Waals surface area contributed by atoms with Crippen LogP contribution in [0.15, 0.2) is 23.5 Å². The molecule has 27 heavy (non-hydrogen) atoms. The topological polar surface area (TPSA) is 59.9 Å². The van der Waals surface area contributed by atoms with E-state index >= 15 is 0 Å². The number of hydrogen-bond acceptors (Lipinski definition) is 5. The highest BCUT2D eigenvalue weighted by Crippen LogP contribution is 2.15. The first kappa shape index (κ1) is 22.1. The van der Waals surface area contributed by atoms with Crippen LogP contribution in [0.1, 0.15) is 33.1 Å². The number of aliphatic imine (C=N–C) groups is 1. The van der Waals surface area contributed by atoms with Crippen molar-refractivity contribution in [1.29, 1.82) is 0 Å². The van der Waals surface area contributed by atoms with Gasteiger partial charge in [0.1, 0.15) is 0 Å². The molecule has 0 radical (unpaired) electrons. The number of halogens is 1. The van der Waals surface area contributed by atoms with Crippen LogP contribution in [-0.4, -0.2) is 84.1 Å². The van der Waals surface area contributed by atoms with Crippen LogP contribution in [0.25, 0.3) is 0 Å². The molecule has 1 atom stereocenters. The third kappa shape index (κ3) is 6.44. The summed E-state index contributed by atoms with van der Waals surface area (Å²) in [6.45, 7) is 12.3. The van der Waals surface area contributed by atoms with Crippen LogP contribution in [0.3, 0.4) is 0 Å². The molecule has 3 heterocycles. The van der Waals surface area contributed by atoms with E-state index in [9.17, 15) is 0 Å². The van der Waals surface area contributed by atoms with Crippen molar-refractivity contribution in [2.75, 3.05) is 57.3 Å². The lowest BCUT2D eigenvalue weighted by atomic mass is 10.0. The molecule has 7 nitrogen and oxygen atoms in total. The minimum Gasteiger partial charge on any atom is -0.357 e. The highest BCUT2D eigenvalue weighted by molar-refractivity contribution is 14.0. The maximum Gasteiger partial charge on any atom is 0.225 e. The molecule has 1 aromatic heterocycles. The SMILES string of the molecule is CCNC(=NCCN1CCCCC1C)N1CCN(c2ncccn2)CC1.I. The number of rotatable bonds is 5. The van der Waals surface area contributed by atoms with Gasteiger partial charge in [0.2, 0.25) is 5.95 Å². The molecule has 0 bridgehead atoms. The van der Waals surface area contributed by atoms with Crippen molar-refractivity contribution in [1.82, 2.24) is 25.1 Å². The Balaban J connectivity index is 0.00000261. The van der Waals surface area contributed by atoms with Gasteiger partial charge in [-0.3, -0.25) is 9.89 Å². The van der Waals surface area contributed by atoms with Crippen molar-refractivity contribution in [2.45, 2.75) is 39.2 Å². The standard InChI is InChI=1S/C19H33N7.HI/c1-3-20-18(23-10-12-24-11-5-4-7-17(24)2)25-13-15-26(16-14-25)19-21-8-6-9-22-19;/h6,8-9,17H,3-5,7,10-16H2,1-2H3,(H,20,23);1H. The zero-order chi connectivity index (χ0) is 18.2. The molecular formula is C19H34IN7. The Hall–Kier alpha value is -1.16. The summed E-state index contributed by atoms with van der Waals surface area (Å²) in [5.74, 6) is 1.87. The Morgan fingerprint density at radius 2 is 1.89 bits per heavy atom. The van der Waals surface area contributed by atoms with E-state index in [0.717, 1.165) is 57.7 Å². The van der Waals surface area contributed by atoms with Crippen LogP contribution in [0, 0.1) is 0 Å². The number of hydrogen-bond donors (Lipinski definition) is 1. The molecule has 1 aromatic rings.